The van der Waals surface area contributed by atoms with Crippen molar-refractivity contribution in [2.24, 2.45) is 16.5 Å². The zero-order valence-corrected chi connectivity index (χ0v) is 9.23. The second kappa shape index (κ2) is 4.94. The standard InChI is InChI=1S/C10H11F2N3O3/c11-9(12)18-6-2-8-7(16-4-17-8)1-5(6)3-15-10(13)14/h1-2,9H,3-4H2,(H4,13,14,15). The van der Waals surface area contributed by atoms with Crippen LogP contribution in [0, 0.1) is 0 Å². The lowest BCUT2D eigenvalue weighted by molar-refractivity contribution is -0.0504. The number of halogens is 2. The van der Waals surface area contributed by atoms with Crippen LogP contribution >= 0.6 is 0 Å². The number of ether oxygens (including phenoxy) is 3. The Kier molecular flexibility index (Phi) is 3.35. The molecule has 1 aromatic rings. The fraction of sp³-hybridized carbons (Fsp3) is 0.300. The fourth-order valence-corrected chi connectivity index (χ4v) is 1.47. The highest BCUT2D eigenvalue weighted by Crippen LogP contribution is 2.38. The molecule has 0 bridgehead atoms. The van der Waals surface area contributed by atoms with E-state index in [2.05, 4.69) is 9.73 Å². The van der Waals surface area contributed by atoms with Crippen molar-refractivity contribution < 1.29 is 23.0 Å². The van der Waals surface area contributed by atoms with Crippen molar-refractivity contribution in [3.63, 3.8) is 0 Å². The van der Waals surface area contributed by atoms with Gasteiger partial charge in [-0.05, 0) is 6.07 Å². The maximum atomic E-state index is 12.3. The molecule has 4 N–H and O–H groups in total. The lowest BCUT2D eigenvalue weighted by Crippen LogP contribution is -2.22. The van der Waals surface area contributed by atoms with Crippen molar-refractivity contribution in [1.82, 2.24) is 0 Å². The van der Waals surface area contributed by atoms with Crippen molar-refractivity contribution in [1.29, 1.82) is 0 Å². The molecule has 1 aliphatic heterocycles. The molecule has 18 heavy (non-hydrogen) atoms. The van der Waals surface area contributed by atoms with Gasteiger partial charge in [0.1, 0.15) is 5.75 Å². The van der Waals surface area contributed by atoms with Gasteiger partial charge in [-0.15, -0.1) is 0 Å². The second-order valence-electron chi connectivity index (χ2n) is 3.43. The molecular formula is C10H11F2N3O3. The van der Waals surface area contributed by atoms with E-state index < -0.39 is 6.61 Å². The van der Waals surface area contributed by atoms with Crippen LogP contribution < -0.4 is 25.7 Å². The molecule has 1 aliphatic rings. The largest absolute Gasteiger partial charge is 0.454 e. The Morgan fingerprint density at radius 2 is 2.00 bits per heavy atom. The smallest absolute Gasteiger partial charge is 0.387 e. The first-order valence-corrected chi connectivity index (χ1v) is 4.99. The highest BCUT2D eigenvalue weighted by molar-refractivity contribution is 5.75. The summed E-state index contributed by atoms with van der Waals surface area (Å²) in [5, 5.41) is 0. The molecule has 98 valence electrons. The number of alkyl halides is 2. The van der Waals surface area contributed by atoms with Crippen LogP contribution in [0.2, 0.25) is 0 Å². The molecule has 0 atom stereocenters. The van der Waals surface area contributed by atoms with Gasteiger partial charge in [-0.25, -0.2) is 4.99 Å². The van der Waals surface area contributed by atoms with Crippen LogP contribution in [0.5, 0.6) is 17.2 Å². The van der Waals surface area contributed by atoms with Crippen LogP contribution in [0.4, 0.5) is 8.78 Å². The number of rotatable bonds is 4. The molecule has 0 unspecified atom stereocenters. The third-order valence-electron chi connectivity index (χ3n) is 2.20. The number of nitrogens with zero attached hydrogens (tertiary/aromatic N) is 1. The molecule has 8 heteroatoms. The van der Waals surface area contributed by atoms with Crippen molar-refractivity contribution in [2.75, 3.05) is 6.79 Å². The Morgan fingerprint density at radius 1 is 1.33 bits per heavy atom. The molecule has 0 aromatic heterocycles. The van der Waals surface area contributed by atoms with Gasteiger partial charge in [-0.1, -0.05) is 0 Å². The predicted molar refractivity (Wildman–Crippen MR) is 58.7 cm³/mol. The van der Waals surface area contributed by atoms with Gasteiger partial charge in [0.25, 0.3) is 0 Å². The van der Waals surface area contributed by atoms with E-state index in [1.807, 2.05) is 0 Å². The summed E-state index contributed by atoms with van der Waals surface area (Å²) in [6, 6.07) is 2.83. The number of benzene rings is 1. The highest BCUT2D eigenvalue weighted by Gasteiger charge is 2.19. The molecule has 6 nitrogen and oxygen atoms in total. The first kappa shape index (κ1) is 12.2. The second-order valence-corrected chi connectivity index (χ2v) is 3.43. The van der Waals surface area contributed by atoms with E-state index in [0.29, 0.717) is 17.1 Å². The molecule has 0 saturated carbocycles. The minimum atomic E-state index is -2.94. The maximum absolute atomic E-state index is 12.3. The van der Waals surface area contributed by atoms with Crippen molar-refractivity contribution in [3.05, 3.63) is 17.7 Å². The minimum Gasteiger partial charge on any atom is -0.454 e. The quantitative estimate of drug-likeness (QED) is 0.616. The summed E-state index contributed by atoms with van der Waals surface area (Å²) in [6.07, 6.45) is 0. The number of fused-ring (bicyclic) bond motifs is 1. The molecule has 1 heterocycles. The highest BCUT2D eigenvalue weighted by atomic mass is 19.3. The molecular weight excluding hydrogens is 248 g/mol. The van der Waals surface area contributed by atoms with Crippen LogP contribution in [0.3, 0.4) is 0 Å². The molecule has 0 aliphatic carbocycles. The Balaban J connectivity index is 2.32. The first-order chi connectivity index (χ1) is 8.56. The van der Waals surface area contributed by atoms with Crippen LogP contribution in [0.15, 0.2) is 17.1 Å². The number of aliphatic imine (C=N–C) groups is 1. The van der Waals surface area contributed by atoms with Gasteiger partial charge in [-0.2, -0.15) is 8.78 Å². The number of hydrogen-bond donors (Lipinski definition) is 2. The summed E-state index contributed by atoms with van der Waals surface area (Å²) < 4.78 is 39.1. The first-order valence-electron chi connectivity index (χ1n) is 4.99. The van der Waals surface area contributed by atoms with Crippen LogP contribution in [0.1, 0.15) is 5.56 Å². The summed E-state index contributed by atoms with van der Waals surface area (Å²) in [6.45, 7) is -2.89. The third kappa shape index (κ3) is 2.70. The lowest BCUT2D eigenvalue weighted by atomic mass is 10.2. The van der Waals surface area contributed by atoms with Crippen LogP contribution in [0.25, 0.3) is 0 Å². The Labute approximate surface area is 101 Å². The predicted octanol–water partition coefficient (Wildman–Crippen LogP) is 0.790. The van der Waals surface area contributed by atoms with E-state index in [9.17, 15) is 8.78 Å². The van der Waals surface area contributed by atoms with Gasteiger partial charge in [0.05, 0.1) is 6.54 Å². The minimum absolute atomic E-state index is 0.0149. The van der Waals surface area contributed by atoms with E-state index in [1.165, 1.54) is 12.1 Å². The van der Waals surface area contributed by atoms with Crippen molar-refractivity contribution in [2.45, 2.75) is 13.2 Å². The van der Waals surface area contributed by atoms with E-state index in [1.54, 1.807) is 0 Å². The molecule has 0 amide bonds. The summed E-state index contributed by atoms with van der Waals surface area (Å²) in [4.78, 5) is 3.74. The molecule has 0 spiro atoms. The molecule has 0 fully saturated rings. The number of guanidine groups is 1. The Morgan fingerprint density at radius 3 is 2.61 bits per heavy atom. The Bertz CT molecular complexity index is 476. The van der Waals surface area contributed by atoms with Crippen molar-refractivity contribution in [3.8, 4) is 17.2 Å². The third-order valence-corrected chi connectivity index (χ3v) is 2.20. The van der Waals surface area contributed by atoms with Gasteiger partial charge in [-0.3, -0.25) is 0 Å². The van der Waals surface area contributed by atoms with Crippen molar-refractivity contribution >= 4 is 5.96 Å². The van der Waals surface area contributed by atoms with Gasteiger partial charge >= 0.3 is 6.61 Å². The molecule has 1 aromatic carbocycles. The summed E-state index contributed by atoms with van der Waals surface area (Å²) in [5.74, 6) is 0.603. The molecule has 0 saturated heterocycles. The number of nitrogens with two attached hydrogens (primary N) is 2. The van der Waals surface area contributed by atoms with Gasteiger partial charge in [0, 0.05) is 11.6 Å². The zero-order valence-electron chi connectivity index (χ0n) is 9.23. The normalized spacial score (nSPS) is 12.6. The summed E-state index contributed by atoms with van der Waals surface area (Å²) in [7, 11) is 0. The van der Waals surface area contributed by atoms with E-state index in [-0.39, 0.29) is 25.0 Å². The maximum Gasteiger partial charge on any atom is 0.387 e. The lowest BCUT2D eigenvalue weighted by Gasteiger charge is -2.10. The Hall–Kier alpha value is -2.25. The SMILES string of the molecule is NC(N)=NCc1cc2c(cc1OC(F)F)OCO2. The topological polar surface area (TPSA) is 92.1 Å². The van der Waals surface area contributed by atoms with Gasteiger partial charge in [0.15, 0.2) is 17.5 Å². The fourth-order valence-electron chi connectivity index (χ4n) is 1.47. The van der Waals surface area contributed by atoms with Crippen LogP contribution in [-0.2, 0) is 6.54 Å². The van der Waals surface area contributed by atoms with Gasteiger partial charge in [0.2, 0.25) is 6.79 Å². The summed E-state index contributed by atoms with van der Waals surface area (Å²) in [5.41, 5.74) is 10.8. The van der Waals surface area contributed by atoms with E-state index >= 15 is 0 Å². The monoisotopic (exact) mass is 259 g/mol. The van der Waals surface area contributed by atoms with E-state index in [0.717, 1.165) is 0 Å². The number of hydrogen-bond acceptors (Lipinski definition) is 4. The van der Waals surface area contributed by atoms with E-state index in [4.69, 9.17) is 20.9 Å². The summed E-state index contributed by atoms with van der Waals surface area (Å²) >= 11 is 0. The average molecular weight is 259 g/mol. The molecule has 0 radical (unpaired) electrons. The zero-order chi connectivity index (χ0) is 13.1. The van der Waals surface area contributed by atoms with Gasteiger partial charge < -0.3 is 25.7 Å². The average Bonchev–Trinajstić information content (AvgIpc) is 2.71. The van der Waals surface area contributed by atoms with Crippen LogP contribution in [-0.4, -0.2) is 19.4 Å². The molecule has 2 rings (SSSR count).